The van der Waals surface area contributed by atoms with Gasteiger partial charge in [0.15, 0.2) is 0 Å². The third-order valence-corrected chi connectivity index (χ3v) is 6.20. The standard InChI is InChI=1S/C20H19ClN4OS/c1-13(14-8-9-14)25-18(10-12-23-25)24-19(26)15-5-4-11-22-20(15)27-17-7-3-2-6-16(17)21/h2-7,10-14H,8-9H2,1H3,(H,24,26)/t13-/m1/s1. The molecule has 1 saturated carbocycles. The molecule has 0 spiro atoms. The smallest absolute Gasteiger partial charge is 0.259 e. The molecule has 0 bridgehead atoms. The second-order valence-corrected chi connectivity index (χ2v) is 8.02. The molecule has 1 aromatic carbocycles. The average molecular weight is 399 g/mol. The van der Waals surface area contributed by atoms with E-state index in [0.717, 1.165) is 4.90 Å². The number of nitrogens with one attached hydrogen (secondary N) is 1. The number of nitrogens with zero attached hydrogens (tertiary/aromatic N) is 3. The lowest BCUT2D eigenvalue weighted by atomic mass is 10.2. The average Bonchev–Trinajstić information content (AvgIpc) is 3.43. The van der Waals surface area contributed by atoms with E-state index in [4.69, 9.17) is 11.6 Å². The zero-order valence-electron chi connectivity index (χ0n) is 14.8. The summed E-state index contributed by atoms with van der Waals surface area (Å²) in [5.74, 6) is 1.14. The van der Waals surface area contributed by atoms with Crippen molar-refractivity contribution >= 4 is 35.1 Å². The van der Waals surface area contributed by atoms with Crippen LogP contribution in [0.3, 0.4) is 0 Å². The number of amides is 1. The Morgan fingerprint density at radius 1 is 1.22 bits per heavy atom. The van der Waals surface area contributed by atoms with Crippen LogP contribution in [0.4, 0.5) is 5.82 Å². The molecule has 3 aromatic rings. The van der Waals surface area contributed by atoms with Crippen molar-refractivity contribution in [2.24, 2.45) is 5.92 Å². The first kappa shape index (κ1) is 18.1. The van der Waals surface area contributed by atoms with Crippen LogP contribution in [0.5, 0.6) is 0 Å². The second-order valence-electron chi connectivity index (χ2n) is 6.58. The molecular formula is C20H19ClN4OS. The number of hydrogen-bond donors (Lipinski definition) is 1. The van der Waals surface area contributed by atoms with Crippen LogP contribution in [0.15, 0.2) is 64.8 Å². The normalized spacial score (nSPS) is 14.7. The molecule has 2 heterocycles. The quantitative estimate of drug-likeness (QED) is 0.611. The van der Waals surface area contributed by atoms with Gasteiger partial charge in [-0.2, -0.15) is 5.10 Å². The predicted molar refractivity (Wildman–Crippen MR) is 107 cm³/mol. The summed E-state index contributed by atoms with van der Waals surface area (Å²) in [4.78, 5) is 18.2. The molecule has 7 heteroatoms. The topological polar surface area (TPSA) is 59.8 Å². The number of carbonyl (C=O) groups is 1. The first-order valence-corrected chi connectivity index (χ1v) is 10.0. The Morgan fingerprint density at radius 2 is 2.04 bits per heavy atom. The van der Waals surface area contributed by atoms with Gasteiger partial charge in [0.1, 0.15) is 10.8 Å². The van der Waals surface area contributed by atoms with Gasteiger partial charge in [0.25, 0.3) is 5.91 Å². The van der Waals surface area contributed by atoms with Gasteiger partial charge in [0.2, 0.25) is 0 Å². The largest absolute Gasteiger partial charge is 0.307 e. The lowest BCUT2D eigenvalue weighted by Gasteiger charge is -2.16. The number of carbonyl (C=O) groups excluding carboxylic acids is 1. The van der Waals surface area contributed by atoms with Gasteiger partial charge in [0, 0.05) is 17.2 Å². The third kappa shape index (κ3) is 4.01. The minimum atomic E-state index is -0.206. The summed E-state index contributed by atoms with van der Waals surface area (Å²) in [5.41, 5.74) is 0.509. The number of hydrogen-bond acceptors (Lipinski definition) is 4. The molecule has 0 aliphatic heterocycles. The van der Waals surface area contributed by atoms with Crippen LogP contribution in [0.1, 0.15) is 36.2 Å². The summed E-state index contributed by atoms with van der Waals surface area (Å²) in [6.07, 6.45) is 5.83. The van der Waals surface area contributed by atoms with Gasteiger partial charge < -0.3 is 5.32 Å². The van der Waals surface area contributed by atoms with Gasteiger partial charge in [-0.3, -0.25) is 4.79 Å². The van der Waals surface area contributed by atoms with Crippen molar-refractivity contribution < 1.29 is 4.79 Å². The van der Waals surface area contributed by atoms with E-state index >= 15 is 0 Å². The molecule has 0 unspecified atom stereocenters. The van der Waals surface area contributed by atoms with Crippen LogP contribution in [0.25, 0.3) is 0 Å². The summed E-state index contributed by atoms with van der Waals surface area (Å²) < 4.78 is 1.90. The number of pyridine rings is 1. The molecular weight excluding hydrogens is 380 g/mol. The van der Waals surface area contributed by atoms with E-state index in [1.165, 1.54) is 24.6 Å². The Hall–Kier alpha value is -2.31. The molecule has 5 nitrogen and oxygen atoms in total. The van der Waals surface area contributed by atoms with Gasteiger partial charge in [-0.1, -0.05) is 35.5 Å². The van der Waals surface area contributed by atoms with Crippen molar-refractivity contribution in [2.45, 2.75) is 35.7 Å². The molecule has 0 radical (unpaired) electrons. The number of aromatic nitrogens is 3. The van der Waals surface area contributed by atoms with E-state index in [2.05, 4.69) is 22.3 Å². The molecule has 4 rings (SSSR count). The molecule has 138 valence electrons. The van der Waals surface area contributed by atoms with Gasteiger partial charge >= 0.3 is 0 Å². The third-order valence-electron chi connectivity index (χ3n) is 4.66. The maximum absolute atomic E-state index is 12.9. The molecule has 2 aromatic heterocycles. The highest BCUT2D eigenvalue weighted by atomic mass is 35.5. The number of halogens is 1. The molecule has 0 saturated heterocycles. The van der Waals surface area contributed by atoms with Crippen LogP contribution >= 0.6 is 23.4 Å². The molecule has 1 atom stereocenters. The summed E-state index contributed by atoms with van der Waals surface area (Å²) in [6, 6.07) is 13.2. The van der Waals surface area contributed by atoms with E-state index in [9.17, 15) is 4.79 Å². The Morgan fingerprint density at radius 3 is 2.81 bits per heavy atom. The van der Waals surface area contributed by atoms with Crippen LogP contribution in [0, 0.1) is 5.92 Å². The molecule has 1 N–H and O–H groups in total. The van der Waals surface area contributed by atoms with E-state index in [-0.39, 0.29) is 11.9 Å². The highest BCUT2D eigenvalue weighted by Gasteiger charge is 2.31. The fourth-order valence-electron chi connectivity index (χ4n) is 2.98. The fourth-order valence-corrected chi connectivity index (χ4v) is 4.13. The van der Waals surface area contributed by atoms with Crippen molar-refractivity contribution in [1.29, 1.82) is 0 Å². The Labute approximate surface area is 167 Å². The molecule has 1 amide bonds. The van der Waals surface area contributed by atoms with E-state index < -0.39 is 0 Å². The van der Waals surface area contributed by atoms with E-state index in [1.807, 2.05) is 35.0 Å². The van der Waals surface area contributed by atoms with Gasteiger partial charge in [-0.15, -0.1) is 0 Å². The van der Waals surface area contributed by atoms with E-state index in [0.29, 0.717) is 27.3 Å². The Balaban J connectivity index is 1.56. The summed E-state index contributed by atoms with van der Waals surface area (Å²) in [7, 11) is 0. The highest BCUT2D eigenvalue weighted by molar-refractivity contribution is 7.99. The van der Waals surface area contributed by atoms with Crippen LogP contribution in [0.2, 0.25) is 5.02 Å². The molecule has 1 fully saturated rings. The molecule has 1 aliphatic carbocycles. The minimum absolute atomic E-state index is 0.206. The minimum Gasteiger partial charge on any atom is -0.307 e. The SMILES string of the molecule is C[C@H](C1CC1)n1nccc1NC(=O)c1cccnc1Sc1ccccc1Cl. The van der Waals surface area contributed by atoms with Crippen molar-refractivity contribution in [3.63, 3.8) is 0 Å². The van der Waals surface area contributed by atoms with E-state index in [1.54, 1.807) is 24.5 Å². The van der Waals surface area contributed by atoms with Gasteiger partial charge in [-0.05, 0) is 49.9 Å². The maximum atomic E-state index is 12.9. The first-order valence-electron chi connectivity index (χ1n) is 8.86. The maximum Gasteiger partial charge on any atom is 0.259 e. The van der Waals surface area contributed by atoms with Crippen LogP contribution < -0.4 is 5.32 Å². The van der Waals surface area contributed by atoms with Crippen LogP contribution in [-0.2, 0) is 0 Å². The summed E-state index contributed by atoms with van der Waals surface area (Å²) in [5, 5.41) is 8.63. The van der Waals surface area contributed by atoms with Crippen LogP contribution in [-0.4, -0.2) is 20.7 Å². The lowest BCUT2D eigenvalue weighted by molar-refractivity contribution is 0.102. The van der Waals surface area contributed by atoms with Gasteiger partial charge in [-0.25, -0.2) is 9.67 Å². The summed E-state index contributed by atoms with van der Waals surface area (Å²) in [6.45, 7) is 2.14. The zero-order chi connectivity index (χ0) is 18.8. The molecule has 27 heavy (non-hydrogen) atoms. The molecule has 1 aliphatic rings. The number of anilines is 1. The lowest BCUT2D eigenvalue weighted by Crippen LogP contribution is -2.19. The van der Waals surface area contributed by atoms with Crippen molar-refractivity contribution in [3.8, 4) is 0 Å². The Kier molecular flexibility index (Phi) is 5.18. The monoisotopic (exact) mass is 398 g/mol. The summed E-state index contributed by atoms with van der Waals surface area (Å²) >= 11 is 7.63. The Bertz CT molecular complexity index is 970. The van der Waals surface area contributed by atoms with Crippen molar-refractivity contribution in [1.82, 2.24) is 14.8 Å². The number of rotatable bonds is 6. The van der Waals surface area contributed by atoms with Crippen molar-refractivity contribution in [2.75, 3.05) is 5.32 Å². The second kappa shape index (κ2) is 7.74. The van der Waals surface area contributed by atoms with Crippen molar-refractivity contribution in [3.05, 3.63) is 65.4 Å². The predicted octanol–water partition coefficient (Wildman–Crippen LogP) is 5.31. The first-order chi connectivity index (χ1) is 13.1. The zero-order valence-corrected chi connectivity index (χ0v) is 16.4. The highest BCUT2D eigenvalue weighted by Crippen LogP contribution is 2.40. The van der Waals surface area contributed by atoms with Gasteiger partial charge in [0.05, 0.1) is 22.8 Å². The fraction of sp³-hybridized carbons (Fsp3) is 0.250. The number of benzene rings is 1.